The van der Waals surface area contributed by atoms with E-state index in [0.29, 0.717) is 6.54 Å². The molecule has 0 aromatic heterocycles. The fourth-order valence-corrected chi connectivity index (χ4v) is 2.73. The molecule has 0 saturated heterocycles. The number of rotatable bonds is 11. The molecule has 0 aliphatic rings. The van der Waals surface area contributed by atoms with E-state index in [9.17, 15) is 14.7 Å². The molecule has 25 heavy (non-hydrogen) atoms. The summed E-state index contributed by atoms with van der Waals surface area (Å²) in [5, 5.41) is 9.19. The average molecular weight is 368 g/mol. The molecule has 0 fully saturated rings. The van der Waals surface area contributed by atoms with Crippen molar-refractivity contribution in [1.82, 2.24) is 4.90 Å². The van der Waals surface area contributed by atoms with Crippen LogP contribution in [0.4, 0.5) is 0 Å². The van der Waals surface area contributed by atoms with Gasteiger partial charge in [-0.05, 0) is 53.4 Å². The van der Waals surface area contributed by atoms with Crippen molar-refractivity contribution >= 4 is 24.5 Å². The number of aliphatic carboxylic acids is 1. The average Bonchev–Trinajstić information content (AvgIpc) is 2.50. The van der Waals surface area contributed by atoms with Gasteiger partial charge in [-0.1, -0.05) is 34.9 Å². The fraction of sp³-hybridized carbons (Fsp3) is 0.600. The van der Waals surface area contributed by atoms with Crippen LogP contribution in [0.2, 0.25) is 0 Å². The molecule has 0 saturated carbocycles. The number of hydrogen-bond donors (Lipinski definition) is 2. The van der Waals surface area contributed by atoms with Gasteiger partial charge in [0.1, 0.15) is 6.04 Å². The molecule has 0 aromatic rings. The molecule has 0 radical (unpaired) electrons. The second-order valence-corrected chi connectivity index (χ2v) is 7.03. The molecule has 1 unspecified atom stereocenters. The first-order chi connectivity index (χ1) is 11.7. The second kappa shape index (κ2) is 12.8. The third kappa shape index (κ3) is 10.9. The summed E-state index contributed by atoms with van der Waals surface area (Å²) in [6.45, 7) is 10.1. The molecule has 0 spiro atoms. The molecule has 5 heteroatoms. The number of carboxylic acids is 1. The van der Waals surface area contributed by atoms with E-state index in [1.54, 1.807) is 0 Å². The summed E-state index contributed by atoms with van der Waals surface area (Å²) >= 11 is 4.05. The number of carbonyl (C=O) groups is 2. The highest BCUT2D eigenvalue weighted by Gasteiger charge is 2.25. The second-order valence-electron chi connectivity index (χ2n) is 6.67. The quantitative estimate of drug-likeness (QED) is 0.413. The predicted molar refractivity (Wildman–Crippen MR) is 108 cm³/mol. The molecule has 142 valence electrons. The van der Waals surface area contributed by atoms with E-state index in [1.807, 2.05) is 13.0 Å². The highest BCUT2D eigenvalue weighted by atomic mass is 32.1. The fourth-order valence-electron chi connectivity index (χ4n) is 2.38. The van der Waals surface area contributed by atoms with E-state index in [4.69, 9.17) is 0 Å². The van der Waals surface area contributed by atoms with Gasteiger partial charge in [-0.15, -0.1) is 0 Å². The third-order valence-corrected chi connectivity index (χ3v) is 4.34. The number of hydrogen-bond acceptors (Lipinski definition) is 3. The molecule has 1 atom stereocenters. The van der Waals surface area contributed by atoms with Crippen molar-refractivity contribution in [3.8, 4) is 0 Å². The van der Waals surface area contributed by atoms with E-state index in [-0.39, 0.29) is 11.7 Å². The lowest BCUT2D eigenvalue weighted by Gasteiger charge is -2.25. The summed E-state index contributed by atoms with van der Waals surface area (Å²) in [5.41, 5.74) is 3.89. The normalized spacial score (nSPS) is 13.4. The lowest BCUT2D eigenvalue weighted by atomic mass is 10.1. The van der Waals surface area contributed by atoms with Gasteiger partial charge >= 0.3 is 5.97 Å². The van der Waals surface area contributed by atoms with Gasteiger partial charge < -0.3 is 10.0 Å². The van der Waals surface area contributed by atoms with Crippen LogP contribution in [0.25, 0.3) is 0 Å². The molecule has 0 rings (SSSR count). The van der Waals surface area contributed by atoms with Gasteiger partial charge in [0, 0.05) is 19.2 Å². The Morgan fingerprint density at radius 1 is 0.960 bits per heavy atom. The number of carboxylic acid groups (broad SMARTS) is 1. The van der Waals surface area contributed by atoms with Gasteiger partial charge in [0.2, 0.25) is 5.91 Å². The largest absolute Gasteiger partial charge is 0.480 e. The highest BCUT2D eigenvalue weighted by molar-refractivity contribution is 7.80. The zero-order valence-electron chi connectivity index (χ0n) is 16.2. The maximum atomic E-state index is 11.7. The molecule has 0 aromatic carbocycles. The van der Waals surface area contributed by atoms with Gasteiger partial charge in [-0.2, -0.15) is 12.6 Å². The van der Waals surface area contributed by atoms with Crippen molar-refractivity contribution in [3.63, 3.8) is 0 Å². The summed E-state index contributed by atoms with van der Waals surface area (Å²) in [6, 6.07) is -0.887. The van der Waals surface area contributed by atoms with Gasteiger partial charge in [-0.3, -0.25) is 4.79 Å². The zero-order valence-corrected chi connectivity index (χ0v) is 17.1. The van der Waals surface area contributed by atoms with E-state index in [1.165, 1.54) is 23.0 Å². The van der Waals surface area contributed by atoms with Gasteiger partial charge in [0.25, 0.3) is 0 Å². The first-order valence-corrected chi connectivity index (χ1v) is 9.37. The number of amides is 1. The minimum atomic E-state index is -1.02. The van der Waals surface area contributed by atoms with E-state index in [2.05, 4.69) is 45.6 Å². The highest BCUT2D eigenvalue weighted by Crippen LogP contribution is 2.12. The standard InChI is InChI=1S/C20H33NO3S/c1-15(2)8-6-9-16(3)10-7-11-17(4)12-13-21(18(5)22)19(14-25)20(23)24/h8,10,12,19,25H,6-7,9,11,13-14H2,1-5H3,(H,23,24). The van der Waals surface area contributed by atoms with Crippen LogP contribution < -0.4 is 0 Å². The van der Waals surface area contributed by atoms with E-state index >= 15 is 0 Å². The molecular formula is C20H33NO3S. The summed E-state index contributed by atoms with van der Waals surface area (Å²) in [4.78, 5) is 24.3. The lowest BCUT2D eigenvalue weighted by Crippen LogP contribution is -2.45. The Morgan fingerprint density at radius 3 is 1.92 bits per heavy atom. The molecule has 0 aliphatic heterocycles. The van der Waals surface area contributed by atoms with Crippen LogP contribution in [-0.4, -0.2) is 40.2 Å². The third-order valence-electron chi connectivity index (χ3n) is 4.00. The Balaban J connectivity index is 4.53. The van der Waals surface area contributed by atoms with E-state index in [0.717, 1.165) is 31.3 Å². The topological polar surface area (TPSA) is 57.6 Å². The Bertz CT molecular complexity index is 531. The number of allylic oxidation sites excluding steroid dienone is 5. The summed E-state index contributed by atoms with van der Waals surface area (Å²) in [5.74, 6) is -1.17. The van der Waals surface area contributed by atoms with Crippen LogP contribution in [0.15, 0.2) is 34.9 Å². The van der Waals surface area contributed by atoms with E-state index < -0.39 is 12.0 Å². The number of nitrogens with zero attached hydrogens (tertiary/aromatic N) is 1. The maximum absolute atomic E-state index is 11.7. The molecule has 0 aliphatic carbocycles. The molecular weight excluding hydrogens is 334 g/mol. The monoisotopic (exact) mass is 367 g/mol. The predicted octanol–water partition coefficient (Wildman–Crippen LogP) is 4.64. The number of thiol groups is 1. The Morgan fingerprint density at radius 2 is 1.48 bits per heavy atom. The summed E-state index contributed by atoms with van der Waals surface area (Å²) in [7, 11) is 0. The SMILES string of the molecule is CC(=O)N(CC=C(C)CCC=C(C)CCC=C(C)C)C(CS)C(=O)O. The lowest BCUT2D eigenvalue weighted by molar-refractivity contribution is -0.147. The van der Waals surface area contributed by atoms with Gasteiger partial charge in [0.15, 0.2) is 0 Å². The van der Waals surface area contributed by atoms with Gasteiger partial charge in [-0.25, -0.2) is 4.79 Å². The molecule has 0 heterocycles. The van der Waals surface area contributed by atoms with Crippen molar-refractivity contribution in [2.24, 2.45) is 0 Å². The van der Waals surface area contributed by atoms with Crippen molar-refractivity contribution < 1.29 is 14.7 Å². The molecule has 0 bridgehead atoms. The Kier molecular flexibility index (Phi) is 12.0. The summed E-state index contributed by atoms with van der Waals surface area (Å²) in [6.07, 6.45) is 10.5. The van der Waals surface area contributed by atoms with Crippen LogP contribution in [-0.2, 0) is 9.59 Å². The molecule has 1 amide bonds. The van der Waals surface area contributed by atoms with Gasteiger partial charge in [0.05, 0.1) is 0 Å². The molecule has 4 nitrogen and oxygen atoms in total. The Labute approximate surface area is 158 Å². The zero-order chi connectivity index (χ0) is 19.4. The van der Waals surface area contributed by atoms with Crippen molar-refractivity contribution in [2.75, 3.05) is 12.3 Å². The first kappa shape index (κ1) is 23.5. The molecule has 1 N–H and O–H groups in total. The summed E-state index contributed by atoms with van der Waals surface area (Å²) < 4.78 is 0. The van der Waals surface area contributed by atoms with Crippen LogP contribution in [0.5, 0.6) is 0 Å². The van der Waals surface area contributed by atoms with Crippen LogP contribution in [0.3, 0.4) is 0 Å². The minimum Gasteiger partial charge on any atom is -0.480 e. The maximum Gasteiger partial charge on any atom is 0.327 e. The van der Waals surface area contributed by atoms with Crippen LogP contribution >= 0.6 is 12.6 Å². The van der Waals surface area contributed by atoms with Crippen molar-refractivity contribution in [2.45, 2.75) is 66.3 Å². The number of carbonyl (C=O) groups excluding carboxylic acids is 1. The van der Waals surface area contributed by atoms with Crippen LogP contribution in [0.1, 0.15) is 60.3 Å². The van der Waals surface area contributed by atoms with Crippen LogP contribution in [0, 0.1) is 0 Å². The minimum absolute atomic E-state index is 0.107. The van der Waals surface area contributed by atoms with Crippen molar-refractivity contribution in [1.29, 1.82) is 0 Å². The Hall–Kier alpha value is -1.49. The first-order valence-electron chi connectivity index (χ1n) is 8.74. The smallest absolute Gasteiger partial charge is 0.327 e. The van der Waals surface area contributed by atoms with Crippen molar-refractivity contribution in [3.05, 3.63) is 34.9 Å².